The highest BCUT2D eigenvalue weighted by Gasteiger charge is 2.22. The maximum Gasteiger partial charge on any atom is 0.221 e. The number of nitrogen functional groups attached to an aromatic ring is 1. The predicted molar refractivity (Wildman–Crippen MR) is 62.1 cm³/mol. The van der Waals surface area contributed by atoms with Gasteiger partial charge in [-0.1, -0.05) is 12.1 Å². The van der Waals surface area contributed by atoms with E-state index in [0.29, 0.717) is 0 Å². The predicted octanol–water partition coefficient (Wildman–Crippen LogP) is 1.27. The van der Waals surface area contributed by atoms with Gasteiger partial charge in [-0.2, -0.15) is 10.1 Å². The fourth-order valence-corrected chi connectivity index (χ4v) is 2.12. The van der Waals surface area contributed by atoms with Crippen LogP contribution in [0.3, 0.4) is 0 Å². The van der Waals surface area contributed by atoms with Crippen molar-refractivity contribution >= 4 is 11.6 Å². The number of aromatic nitrogens is 3. The summed E-state index contributed by atoms with van der Waals surface area (Å²) < 4.78 is 1.91. The molecule has 2 aromatic rings. The Hall–Kier alpha value is -2.04. The monoisotopic (exact) mass is 215 g/mol. The lowest BCUT2D eigenvalue weighted by Gasteiger charge is -2.24. The molecule has 0 saturated carbocycles. The Morgan fingerprint density at radius 3 is 3.25 bits per heavy atom. The van der Waals surface area contributed by atoms with Crippen LogP contribution in [0.1, 0.15) is 18.0 Å². The van der Waals surface area contributed by atoms with E-state index in [2.05, 4.69) is 21.5 Å². The third-order valence-electron chi connectivity index (χ3n) is 2.86. The maximum absolute atomic E-state index is 5.80. The van der Waals surface area contributed by atoms with Crippen molar-refractivity contribution in [3.8, 4) is 0 Å². The molecule has 0 saturated heterocycles. The topological polar surface area (TPSA) is 68.8 Å². The van der Waals surface area contributed by atoms with E-state index < -0.39 is 0 Å². The van der Waals surface area contributed by atoms with Crippen molar-refractivity contribution in [3.05, 3.63) is 36.2 Å². The van der Waals surface area contributed by atoms with Crippen molar-refractivity contribution in [2.75, 3.05) is 17.6 Å². The largest absolute Gasteiger partial charge is 0.399 e. The molecule has 0 aliphatic carbocycles. The first kappa shape index (κ1) is 9.21. The van der Waals surface area contributed by atoms with Crippen LogP contribution in [0, 0.1) is 0 Å². The summed E-state index contributed by atoms with van der Waals surface area (Å²) in [6.07, 6.45) is 2.58. The number of nitrogens with one attached hydrogen (secondary N) is 1. The minimum Gasteiger partial charge on any atom is -0.399 e. The van der Waals surface area contributed by atoms with Gasteiger partial charge in [0.2, 0.25) is 5.95 Å². The molecule has 5 nitrogen and oxygen atoms in total. The second-order valence-electron chi connectivity index (χ2n) is 3.93. The zero-order valence-electron chi connectivity index (χ0n) is 8.80. The first-order valence-corrected chi connectivity index (χ1v) is 5.33. The minimum absolute atomic E-state index is 0.238. The molecule has 1 aliphatic rings. The van der Waals surface area contributed by atoms with E-state index in [9.17, 15) is 0 Å². The van der Waals surface area contributed by atoms with Crippen molar-refractivity contribution in [1.29, 1.82) is 0 Å². The molecule has 0 amide bonds. The SMILES string of the molecule is Nc1cccc(C2CCNc3ncnn32)c1. The molecule has 3 N–H and O–H groups in total. The molecule has 1 unspecified atom stereocenters. The molecule has 82 valence electrons. The van der Waals surface area contributed by atoms with Gasteiger partial charge in [0.05, 0.1) is 6.04 Å². The van der Waals surface area contributed by atoms with Crippen LogP contribution in [-0.2, 0) is 0 Å². The third kappa shape index (κ3) is 1.41. The Labute approximate surface area is 93.3 Å². The van der Waals surface area contributed by atoms with Gasteiger partial charge in [0.15, 0.2) is 0 Å². The first-order chi connectivity index (χ1) is 7.84. The molecule has 3 rings (SSSR count). The number of anilines is 2. The number of hydrogen-bond acceptors (Lipinski definition) is 4. The zero-order valence-corrected chi connectivity index (χ0v) is 8.80. The van der Waals surface area contributed by atoms with Gasteiger partial charge in [-0.3, -0.25) is 0 Å². The first-order valence-electron chi connectivity index (χ1n) is 5.33. The number of hydrogen-bond donors (Lipinski definition) is 2. The Balaban J connectivity index is 2.04. The Morgan fingerprint density at radius 1 is 1.44 bits per heavy atom. The van der Waals surface area contributed by atoms with Crippen LogP contribution in [-0.4, -0.2) is 21.3 Å². The van der Waals surface area contributed by atoms with Crippen LogP contribution in [0.2, 0.25) is 0 Å². The van der Waals surface area contributed by atoms with Gasteiger partial charge in [-0.25, -0.2) is 4.68 Å². The van der Waals surface area contributed by atoms with E-state index in [1.165, 1.54) is 5.56 Å². The molecule has 0 spiro atoms. The number of nitrogens with zero attached hydrogens (tertiary/aromatic N) is 3. The summed E-state index contributed by atoms with van der Waals surface area (Å²) in [4.78, 5) is 4.16. The zero-order chi connectivity index (χ0) is 11.0. The highest BCUT2D eigenvalue weighted by atomic mass is 15.4. The standard InChI is InChI=1S/C11H13N5/c12-9-3-1-2-8(6-9)10-4-5-13-11-14-7-15-16(10)11/h1-3,6-7,10H,4-5,12H2,(H,13,14,15). The molecule has 1 aliphatic heterocycles. The quantitative estimate of drug-likeness (QED) is 0.703. The minimum atomic E-state index is 0.238. The summed E-state index contributed by atoms with van der Waals surface area (Å²) in [7, 11) is 0. The Bertz CT molecular complexity index is 505. The summed E-state index contributed by atoms with van der Waals surface area (Å²) in [6.45, 7) is 0.915. The molecule has 0 bridgehead atoms. The molecule has 0 radical (unpaired) electrons. The van der Waals surface area contributed by atoms with Gasteiger partial charge in [0.1, 0.15) is 6.33 Å². The molecule has 16 heavy (non-hydrogen) atoms. The number of fused-ring (bicyclic) bond motifs is 1. The van der Waals surface area contributed by atoms with Gasteiger partial charge in [-0.15, -0.1) is 0 Å². The summed E-state index contributed by atoms with van der Waals surface area (Å²) in [5.74, 6) is 0.832. The van der Waals surface area contributed by atoms with Gasteiger partial charge < -0.3 is 11.1 Å². The van der Waals surface area contributed by atoms with Crippen molar-refractivity contribution in [3.63, 3.8) is 0 Å². The van der Waals surface area contributed by atoms with Crippen molar-refractivity contribution < 1.29 is 0 Å². The molecular formula is C11H13N5. The van der Waals surface area contributed by atoms with Gasteiger partial charge in [0.25, 0.3) is 0 Å². The number of rotatable bonds is 1. The lowest BCUT2D eigenvalue weighted by molar-refractivity contribution is 0.480. The molecule has 1 aromatic heterocycles. The second-order valence-corrected chi connectivity index (χ2v) is 3.93. The summed E-state index contributed by atoms with van der Waals surface area (Å²) in [5, 5.41) is 7.46. The van der Waals surface area contributed by atoms with E-state index in [1.54, 1.807) is 6.33 Å². The molecule has 1 atom stereocenters. The van der Waals surface area contributed by atoms with Crippen LogP contribution in [0.4, 0.5) is 11.6 Å². The fourth-order valence-electron chi connectivity index (χ4n) is 2.12. The molecule has 0 fully saturated rings. The lowest BCUT2D eigenvalue weighted by Crippen LogP contribution is -2.24. The van der Waals surface area contributed by atoms with Crippen LogP contribution < -0.4 is 11.1 Å². The summed E-state index contributed by atoms with van der Waals surface area (Å²) in [5.41, 5.74) is 7.78. The molecular weight excluding hydrogens is 202 g/mol. The van der Waals surface area contributed by atoms with Crippen LogP contribution in [0.25, 0.3) is 0 Å². The average Bonchev–Trinajstić information content (AvgIpc) is 2.76. The van der Waals surface area contributed by atoms with E-state index in [0.717, 1.165) is 24.6 Å². The van der Waals surface area contributed by atoms with Crippen molar-refractivity contribution in [2.45, 2.75) is 12.5 Å². The summed E-state index contributed by atoms with van der Waals surface area (Å²) in [6, 6.07) is 8.19. The van der Waals surface area contributed by atoms with Crippen LogP contribution in [0.5, 0.6) is 0 Å². The smallest absolute Gasteiger partial charge is 0.221 e. The van der Waals surface area contributed by atoms with Crippen LogP contribution in [0.15, 0.2) is 30.6 Å². The lowest BCUT2D eigenvalue weighted by atomic mass is 10.0. The highest BCUT2D eigenvalue weighted by molar-refractivity contribution is 5.43. The normalized spacial score (nSPS) is 18.9. The van der Waals surface area contributed by atoms with E-state index in [1.807, 2.05) is 22.9 Å². The molecule has 5 heteroatoms. The van der Waals surface area contributed by atoms with Crippen molar-refractivity contribution in [2.24, 2.45) is 0 Å². The third-order valence-corrected chi connectivity index (χ3v) is 2.86. The van der Waals surface area contributed by atoms with E-state index >= 15 is 0 Å². The fraction of sp³-hybridized carbons (Fsp3) is 0.273. The van der Waals surface area contributed by atoms with Crippen molar-refractivity contribution in [1.82, 2.24) is 14.8 Å². The van der Waals surface area contributed by atoms with Gasteiger partial charge in [-0.05, 0) is 24.1 Å². The highest BCUT2D eigenvalue weighted by Crippen LogP contribution is 2.28. The van der Waals surface area contributed by atoms with E-state index in [-0.39, 0.29) is 6.04 Å². The molecule has 2 heterocycles. The van der Waals surface area contributed by atoms with Gasteiger partial charge >= 0.3 is 0 Å². The maximum atomic E-state index is 5.80. The average molecular weight is 215 g/mol. The Kier molecular flexibility index (Phi) is 2.02. The van der Waals surface area contributed by atoms with Crippen LogP contribution >= 0.6 is 0 Å². The second kappa shape index (κ2) is 3.52. The number of benzene rings is 1. The van der Waals surface area contributed by atoms with E-state index in [4.69, 9.17) is 5.73 Å². The van der Waals surface area contributed by atoms with Gasteiger partial charge in [0, 0.05) is 12.2 Å². The molecule has 1 aromatic carbocycles. The summed E-state index contributed by atoms with van der Waals surface area (Å²) >= 11 is 0. The Morgan fingerprint density at radius 2 is 2.38 bits per heavy atom. The number of nitrogens with two attached hydrogens (primary N) is 1.